The number of carbonyl (C=O) groups is 2. The molecule has 4 rings (SSSR count). The van der Waals surface area contributed by atoms with Gasteiger partial charge in [0.1, 0.15) is 5.82 Å². The summed E-state index contributed by atoms with van der Waals surface area (Å²) in [6, 6.07) is 5.24. The van der Waals surface area contributed by atoms with E-state index in [1.165, 1.54) is 4.90 Å². The minimum absolute atomic E-state index is 0.0647. The Kier molecular flexibility index (Phi) is 1.92. The Morgan fingerprint density at radius 3 is 2.33 bits per heavy atom. The maximum absolute atomic E-state index is 12.4. The summed E-state index contributed by atoms with van der Waals surface area (Å²) in [6.07, 6.45) is 3.24. The van der Waals surface area contributed by atoms with Crippen molar-refractivity contribution in [2.24, 2.45) is 11.8 Å². The molecule has 4 atom stereocenters. The summed E-state index contributed by atoms with van der Waals surface area (Å²) in [5.41, 5.74) is 0. The van der Waals surface area contributed by atoms with Crippen LogP contribution >= 0.6 is 0 Å². The van der Waals surface area contributed by atoms with Gasteiger partial charge in [-0.3, -0.25) is 9.59 Å². The number of aromatic nitrogens is 1. The summed E-state index contributed by atoms with van der Waals surface area (Å²) < 4.78 is 5.68. The van der Waals surface area contributed by atoms with E-state index in [1.807, 2.05) is 0 Å². The number of fused-ring (bicyclic) bond motifs is 5. The van der Waals surface area contributed by atoms with E-state index in [-0.39, 0.29) is 35.9 Å². The summed E-state index contributed by atoms with van der Waals surface area (Å²) in [7, 11) is 0. The molecule has 0 spiro atoms. The van der Waals surface area contributed by atoms with Crippen LogP contribution < -0.4 is 4.90 Å². The van der Waals surface area contributed by atoms with Gasteiger partial charge in [-0.25, -0.2) is 9.88 Å². The second-order valence-corrected chi connectivity index (χ2v) is 5.04. The van der Waals surface area contributed by atoms with Crippen molar-refractivity contribution >= 4 is 17.6 Å². The van der Waals surface area contributed by atoms with Crippen molar-refractivity contribution in [3.63, 3.8) is 0 Å². The normalized spacial score (nSPS) is 37.4. The third kappa shape index (κ3) is 1.12. The number of carbonyl (C=O) groups excluding carboxylic acids is 2. The molecule has 3 saturated heterocycles. The average molecular weight is 244 g/mol. The lowest BCUT2D eigenvalue weighted by molar-refractivity contribution is -0.124. The van der Waals surface area contributed by atoms with Crippen LogP contribution in [0.15, 0.2) is 24.4 Å². The number of nitrogens with zero attached hydrogens (tertiary/aromatic N) is 2. The van der Waals surface area contributed by atoms with Gasteiger partial charge in [0.25, 0.3) is 0 Å². The molecule has 2 amide bonds. The first-order chi connectivity index (χ1) is 8.77. The molecular formula is C13H12N2O3. The van der Waals surface area contributed by atoms with Crippen LogP contribution in [-0.2, 0) is 14.3 Å². The lowest BCUT2D eigenvalue weighted by atomic mass is 9.81. The molecule has 0 N–H and O–H groups in total. The summed E-state index contributed by atoms with van der Waals surface area (Å²) in [5, 5.41) is 0. The van der Waals surface area contributed by atoms with Gasteiger partial charge in [-0.2, -0.15) is 0 Å². The number of pyridine rings is 1. The molecular weight excluding hydrogens is 232 g/mol. The molecule has 2 bridgehead atoms. The molecule has 3 aliphatic rings. The molecule has 0 aromatic carbocycles. The monoisotopic (exact) mass is 244 g/mol. The third-order valence-corrected chi connectivity index (χ3v) is 4.16. The molecule has 1 aromatic heterocycles. The zero-order valence-corrected chi connectivity index (χ0v) is 9.65. The van der Waals surface area contributed by atoms with Crippen molar-refractivity contribution in [3.8, 4) is 0 Å². The van der Waals surface area contributed by atoms with E-state index in [9.17, 15) is 9.59 Å². The first kappa shape index (κ1) is 10.2. The highest BCUT2D eigenvalue weighted by Crippen LogP contribution is 2.49. The summed E-state index contributed by atoms with van der Waals surface area (Å²) in [6.45, 7) is 0. The highest BCUT2D eigenvalue weighted by molar-refractivity contribution is 6.22. The second-order valence-electron chi connectivity index (χ2n) is 5.04. The van der Waals surface area contributed by atoms with Crippen LogP contribution in [0, 0.1) is 11.8 Å². The zero-order valence-electron chi connectivity index (χ0n) is 9.65. The second kappa shape index (κ2) is 3.38. The lowest BCUT2D eigenvalue weighted by Crippen LogP contribution is -2.34. The van der Waals surface area contributed by atoms with E-state index in [2.05, 4.69) is 4.98 Å². The Bertz CT molecular complexity index is 502. The number of hydrogen-bond acceptors (Lipinski definition) is 4. The van der Waals surface area contributed by atoms with Crippen molar-refractivity contribution in [1.82, 2.24) is 4.98 Å². The molecule has 18 heavy (non-hydrogen) atoms. The van der Waals surface area contributed by atoms with Crippen LogP contribution in [0.4, 0.5) is 5.82 Å². The predicted octanol–water partition coefficient (Wildman–Crippen LogP) is 0.748. The van der Waals surface area contributed by atoms with Crippen molar-refractivity contribution in [1.29, 1.82) is 0 Å². The van der Waals surface area contributed by atoms with Crippen LogP contribution in [0.2, 0.25) is 0 Å². The van der Waals surface area contributed by atoms with Crippen molar-refractivity contribution in [2.75, 3.05) is 4.90 Å². The predicted molar refractivity (Wildman–Crippen MR) is 61.6 cm³/mol. The zero-order chi connectivity index (χ0) is 12.3. The van der Waals surface area contributed by atoms with E-state index in [4.69, 9.17) is 4.74 Å². The first-order valence-electron chi connectivity index (χ1n) is 6.21. The smallest absolute Gasteiger partial charge is 0.241 e. The van der Waals surface area contributed by atoms with Crippen LogP contribution in [0.1, 0.15) is 12.8 Å². The van der Waals surface area contributed by atoms with Crippen molar-refractivity contribution < 1.29 is 14.3 Å². The fourth-order valence-corrected chi connectivity index (χ4v) is 3.42. The van der Waals surface area contributed by atoms with Gasteiger partial charge in [-0.15, -0.1) is 0 Å². The van der Waals surface area contributed by atoms with E-state index >= 15 is 0 Å². The van der Waals surface area contributed by atoms with Gasteiger partial charge in [0.05, 0.1) is 24.0 Å². The largest absolute Gasteiger partial charge is 0.373 e. The molecule has 0 saturated carbocycles. The molecule has 3 fully saturated rings. The van der Waals surface area contributed by atoms with Crippen LogP contribution in [0.25, 0.3) is 0 Å². The van der Waals surface area contributed by atoms with E-state index < -0.39 is 0 Å². The number of hydrogen-bond donors (Lipinski definition) is 0. The van der Waals surface area contributed by atoms with Gasteiger partial charge < -0.3 is 4.74 Å². The van der Waals surface area contributed by atoms with Gasteiger partial charge in [0, 0.05) is 6.20 Å². The molecule has 0 radical (unpaired) electrons. The minimum atomic E-state index is -0.279. The fraction of sp³-hybridized carbons (Fsp3) is 0.462. The van der Waals surface area contributed by atoms with Gasteiger partial charge >= 0.3 is 0 Å². The van der Waals surface area contributed by atoms with Crippen LogP contribution in [-0.4, -0.2) is 29.0 Å². The fourth-order valence-electron chi connectivity index (χ4n) is 3.42. The van der Waals surface area contributed by atoms with Crippen LogP contribution in [0.3, 0.4) is 0 Å². The van der Waals surface area contributed by atoms with Gasteiger partial charge in [0.2, 0.25) is 11.8 Å². The minimum Gasteiger partial charge on any atom is -0.373 e. The number of anilines is 1. The van der Waals surface area contributed by atoms with E-state index in [0.29, 0.717) is 5.82 Å². The van der Waals surface area contributed by atoms with Crippen LogP contribution in [0.5, 0.6) is 0 Å². The van der Waals surface area contributed by atoms with E-state index in [1.54, 1.807) is 24.4 Å². The number of imide groups is 1. The summed E-state index contributed by atoms with van der Waals surface area (Å²) in [5.74, 6) is -0.412. The summed E-state index contributed by atoms with van der Waals surface area (Å²) >= 11 is 0. The average Bonchev–Trinajstić information content (AvgIpc) is 3.05. The molecule has 0 aliphatic carbocycles. The standard InChI is InChI=1S/C13H12N2O3/c16-12-10-7-4-5-8(18-7)11(10)13(17)15(12)9-3-1-2-6-14-9/h1-3,6-8,10-11H,4-5H2/t7-,8+,10-,11-/m0/s1. The molecule has 5 heteroatoms. The number of ether oxygens (including phenoxy) is 1. The van der Waals surface area contributed by atoms with Gasteiger partial charge in [-0.05, 0) is 25.0 Å². The van der Waals surface area contributed by atoms with Gasteiger partial charge in [-0.1, -0.05) is 6.07 Å². The van der Waals surface area contributed by atoms with E-state index in [0.717, 1.165) is 12.8 Å². The van der Waals surface area contributed by atoms with Gasteiger partial charge in [0.15, 0.2) is 0 Å². The Morgan fingerprint density at radius 2 is 1.78 bits per heavy atom. The molecule has 3 aliphatic heterocycles. The quantitative estimate of drug-likeness (QED) is 0.684. The molecule has 0 unspecified atom stereocenters. The molecule has 1 aromatic rings. The Labute approximate surface area is 104 Å². The Morgan fingerprint density at radius 1 is 1.11 bits per heavy atom. The maximum atomic E-state index is 12.4. The maximum Gasteiger partial charge on any atom is 0.241 e. The highest BCUT2D eigenvalue weighted by Gasteiger charge is 2.62. The Balaban J connectivity index is 1.76. The highest BCUT2D eigenvalue weighted by atomic mass is 16.5. The number of rotatable bonds is 1. The molecule has 5 nitrogen and oxygen atoms in total. The number of amides is 2. The topological polar surface area (TPSA) is 59.5 Å². The molecule has 92 valence electrons. The third-order valence-electron chi connectivity index (χ3n) is 4.16. The first-order valence-corrected chi connectivity index (χ1v) is 6.21. The van der Waals surface area contributed by atoms with Crippen molar-refractivity contribution in [2.45, 2.75) is 25.0 Å². The molecule has 4 heterocycles. The lowest BCUT2D eigenvalue weighted by Gasteiger charge is -2.15. The summed E-state index contributed by atoms with van der Waals surface area (Å²) in [4.78, 5) is 30.1. The SMILES string of the molecule is O=C1[C@@H]2[C@@H](C(=O)N1c1ccccn1)[C@H]1CC[C@@H]2O1. The Hall–Kier alpha value is -1.75. The van der Waals surface area contributed by atoms with Crippen molar-refractivity contribution in [3.05, 3.63) is 24.4 Å².